The van der Waals surface area contributed by atoms with E-state index in [0.29, 0.717) is 6.54 Å². The van der Waals surface area contributed by atoms with E-state index >= 15 is 0 Å². The summed E-state index contributed by atoms with van der Waals surface area (Å²) < 4.78 is 5.39. The van der Waals surface area contributed by atoms with E-state index in [4.69, 9.17) is 4.52 Å². The third-order valence-electron chi connectivity index (χ3n) is 3.72. The standard InChI is InChI=1S/C16H22N2O2/c1-12-5-7-13(8-6-12)15-9-14(20-17-15)10-18(4)16(2,3)11-19/h5-9,19H,10-11H2,1-4H3. The summed E-state index contributed by atoms with van der Waals surface area (Å²) >= 11 is 0. The largest absolute Gasteiger partial charge is 0.394 e. The molecule has 20 heavy (non-hydrogen) atoms. The van der Waals surface area contributed by atoms with E-state index < -0.39 is 0 Å². The molecule has 0 aliphatic rings. The lowest BCUT2D eigenvalue weighted by atomic mass is 10.0. The maximum atomic E-state index is 9.36. The summed E-state index contributed by atoms with van der Waals surface area (Å²) in [6, 6.07) is 10.2. The third kappa shape index (κ3) is 3.26. The van der Waals surface area contributed by atoms with Crippen LogP contribution in [0.5, 0.6) is 0 Å². The average molecular weight is 274 g/mol. The average Bonchev–Trinajstić information content (AvgIpc) is 2.88. The molecule has 1 aromatic carbocycles. The normalized spacial score (nSPS) is 12.1. The van der Waals surface area contributed by atoms with Gasteiger partial charge in [-0.25, -0.2) is 0 Å². The van der Waals surface area contributed by atoms with Crippen LogP contribution in [0.3, 0.4) is 0 Å². The summed E-state index contributed by atoms with van der Waals surface area (Å²) in [6.45, 7) is 6.76. The fraction of sp³-hybridized carbons (Fsp3) is 0.438. The smallest absolute Gasteiger partial charge is 0.151 e. The summed E-state index contributed by atoms with van der Waals surface area (Å²) in [5.41, 5.74) is 2.84. The van der Waals surface area contributed by atoms with Crippen LogP contribution in [0.15, 0.2) is 34.9 Å². The van der Waals surface area contributed by atoms with Crippen molar-refractivity contribution >= 4 is 0 Å². The minimum atomic E-state index is -0.281. The Balaban J connectivity index is 2.11. The van der Waals surface area contributed by atoms with E-state index in [1.54, 1.807) is 0 Å². The lowest BCUT2D eigenvalue weighted by Crippen LogP contribution is -2.43. The Morgan fingerprint density at radius 1 is 1.25 bits per heavy atom. The third-order valence-corrected chi connectivity index (χ3v) is 3.72. The van der Waals surface area contributed by atoms with Crippen molar-refractivity contribution in [1.29, 1.82) is 0 Å². The van der Waals surface area contributed by atoms with Gasteiger partial charge < -0.3 is 9.63 Å². The molecule has 0 saturated heterocycles. The number of benzene rings is 1. The molecule has 0 amide bonds. The molecule has 0 atom stereocenters. The number of aliphatic hydroxyl groups excluding tert-OH is 1. The van der Waals surface area contributed by atoms with Gasteiger partial charge in [-0.05, 0) is 27.8 Å². The second kappa shape index (κ2) is 5.77. The number of nitrogens with zero attached hydrogens (tertiary/aromatic N) is 2. The Hall–Kier alpha value is -1.65. The van der Waals surface area contributed by atoms with Gasteiger partial charge in [0.1, 0.15) is 5.69 Å². The van der Waals surface area contributed by atoms with Crippen molar-refractivity contribution in [2.24, 2.45) is 0 Å². The molecular weight excluding hydrogens is 252 g/mol. The van der Waals surface area contributed by atoms with E-state index in [2.05, 4.69) is 24.2 Å². The highest BCUT2D eigenvalue weighted by Crippen LogP contribution is 2.22. The Kier molecular flexibility index (Phi) is 4.26. The minimum Gasteiger partial charge on any atom is -0.394 e. The van der Waals surface area contributed by atoms with Gasteiger partial charge in [0.25, 0.3) is 0 Å². The molecule has 2 aromatic rings. The van der Waals surface area contributed by atoms with Gasteiger partial charge in [0.2, 0.25) is 0 Å². The molecule has 0 aliphatic carbocycles. The molecule has 1 heterocycles. The van der Waals surface area contributed by atoms with E-state index in [0.717, 1.165) is 17.0 Å². The van der Waals surface area contributed by atoms with Crippen molar-refractivity contribution in [2.75, 3.05) is 13.7 Å². The first kappa shape index (κ1) is 14.8. The fourth-order valence-electron chi connectivity index (χ4n) is 1.82. The molecule has 0 unspecified atom stereocenters. The Bertz CT molecular complexity index is 558. The first-order chi connectivity index (χ1) is 9.42. The van der Waals surface area contributed by atoms with Crippen LogP contribution in [0, 0.1) is 6.92 Å². The minimum absolute atomic E-state index is 0.0997. The maximum Gasteiger partial charge on any atom is 0.151 e. The molecule has 2 rings (SSSR count). The van der Waals surface area contributed by atoms with Crippen LogP contribution in [-0.4, -0.2) is 34.4 Å². The second-order valence-corrected chi connectivity index (χ2v) is 5.87. The highest BCUT2D eigenvalue weighted by atomic mass is 16.5. The van der Waals surface area contributed by atoms with Crippen molar-refractivity contribution < 1.29 is 9.63 Å². The Labute approximate surface area is 120 Å². The van der Waals surface area contributed by atoms with Gasteiger partial charge in [0.15, 0.2) is 5.76 Å². The van der Waals surface area contributed by atoms with Gasteiger partial charge in [-0.3, -0.25) is 4.90 Å². The summed E-state index contributed by atoms with van der Waals surface area (Å²) in [4.78, 5) is 2.05. The number of rotatable bonds is 5. The zero-order valence-corrected chi connectivity index (χ0v) is 12.6. The molecule has 0 aliphatic heterocycles. The monoisotopic (exact) mass is 274 g/mol. The molecular formula is C16H22N2O2. The van der Waals surface area contributed by atoms with Crippen molar-refractivity contribution in [3.05, 3.63) is 41.7 Å². The van der Waals surface area contributed by atoms with E-state index in [-0.39, 0.29) is 12.1 Å². The maximum absolute atomic E-state index is 9.36. The first-order valence-corrected chi connectivity index (χ1v) is 6.77. The SMILES string of the molecule is Cc1ccc(-c2cc(CN(C)C(C)(C)CO)on2)cc1. The molecule has 1 N–H and O–H groups in total. The van der Waals surface area contributed by atoms with Crippen molar-refractivity contribution in [3.8, 4) is 11.3 Å². The summed E-state index contributed by atoms with van der Waals surface area (Å²) in [5, 5.41) is 13.5. The number of aryl methyl sites for hydroxylation is 1. The predicted molar refractivity (Wildman–Crippen MR) is 79.3 cm³/mol. The highest BCUT2D eigenvalue weighted by molar-refractivity contribution is 5.59. The summed E-state index contributed by atoms with van der Waals surface area (Å²) in [7, 11) is 1.96. The zero-order valence-electron chi connectivity index (χ0n) is 12.6. The van der Waals surface area contributed by atoms with Crippen molar-refractivity contribution in [2.45, 2.75) is 32.9 Å². The number of hydrogen-bond acceptors (Lipinski definition) is 4. The van der Waals surface area contributed by atoms with Crippen LogP contribution in [0.2, 0.25) is 0 Å². The van der Waals surface area contributed by atoms with Gasteiger partial charge in [-0.2, -0.15) is 0 Å². The summed E-state index contributed by atoms with van der Waals surface area (Å²) in [5.74, 6) is 0.796. The number of aliphatic hydroxyl groups is 1. The quantitative estimate of drug-likeness (QED) is 0.911. The van der Waals surface area contributed by atoms with Gasteiger partial charge in [0, 0.05) is 17.2 Å². The zero-order chi connectivity index (χ0) is 14.8. The van der Waals surface area contributed by atoms with Gasteiger partial charge in [0.05, 0.1) is 13.2 Å². The molecule has 4 heteroatoms. The molecule has 108 valence electrons. The molecule has 1 aromatic heterocycles. The van der Waals surface area contributed by atoms with Crippen LogP contribution in [-0.2, 0) is 6.54 Å². The number of hydrogen-bond donors (Lipinski definition) is 1. The van der Waals surface area contributed by atoms with Crippen molar-refractivity contribution in [1.82, 2.24) is 10.1 Å². The number of likely N-dealkylation sites (N-methyl/N-ethyl adjacent to an activating group) is 1. The van der Waals surface area contributed by atoms with Gasteiger partial charge in [-0.15, -0.1) is 0 Å². The van der Waals surface area contributed by atoms with Crippen LogP contribution < -0.4 is 0 Å². The Morgan fingerprint density at radius 3 is 2.50 bits per heavy atom. The highest BCUT2D eigenvalue weighted by Gasteiger charge is 2.23. The molecule has 0 fully saturated rings. The number of aromatic nitrogens is 1. The second-order valence-electron chi connectivity index (χ2n) is 5.87. The van der Waals surface area contributed by atoms with Crippen LogP contribution >= 0.6 is 0 Å². The lowest BCUT2D eigenvalue weighted by molar-refractivity contribution is 0.0666. The van der Waals surface area contributed by atoms with Gasteiger partial charge >= 0.3 is 0 Å². The van der Waals surface area contributed by atoms with Crippen molar-refractivity contribution in [3.63, 3.8) is 0 Å². The van der Waals surface area contributed by atoms with E-state index in [1.165, 1.54) is 5.56 Å². The molecule has 4 nitrogen and oxygen atoms in total. The molecule has 0 saturated carbocycles. The van der Waals surface area contributed by atoms with Crippen LogP contribution in [0.25, 0.3) is 11.3 Å². The summed E-state index contributed by atoms with van der Waals surface area (Å²) in [6.07, 6.45) is 0. The van der Waals surface area contributed by atoms with E-state index in [9.17, 15) is 5.11 Å². The predicted octanol–water partition coefficient (Wildman–Crippen LogP) is 2.85. The van der Waals surface area contributed by atoms with Gasteiger partial charge in [-0.1, -0.05) is 35.0 Å². The van der Waals surface area contributed by atoms with E-state index in [1.807, 2.05) is 44.0 Å². The molecule has 0 bridgehead atoms. The molecule has 0 radical (unpaired) electrons. The van der Waals surface area contributed by atoms with Crippen LogP contribution in [0.4, 0.5) is 0 Å². The molecule has 0 spiro atoms. The lowest BCUT2D eigenvalue weighted by Gasteiger charge is -2.32. The van der Waals surface area contributed by atoms with Crippen LogP contribution in [0.1, 0.15) is 25.2 Å². The topological polar surface area (TPSA) is 49.5 Å². The fourth-order valence-corrected chi connectivity index (χ4v) is 1.82. The Morgan fingerprint density at radius 2 is 1.90 bits per heavy atom. The first-order valence-electron chi connectivity index (χ1n) is 6.77.